The van der Waals surface area contributed by atoms with Crippen molar-refractivity contribution < 1.29 is 0 Å². The highest BCUT2D eigenvalue weighted by molar-refractivity contribution is 5.91. The molecule has 3 aromatic carbocycles. The molecule has 0 amide bonds. The lowest BCUT2D eigenvalue weighted by atomic mass is 9.48. The molecule has 0 radical (unpaired) electrons. The maximum absolute atomic E-state index is 9.52. The largest absolute Gasteiger partial charge is 0.265 e. The molecule has 40 heavy (non-hydrogen) atoms. The summed E-state index contributed by atoms with van der Waals surface area (Å²) in [5.74, 6) is 4.67. The van der Waals surface area contributed by atoms with Gasteiger partial charge in [0.15, 0.2) is 17.5 Å². The van der Waals surface area contributed by atoms with E-state index in [1.807, 2.05) is 42.5 Å². The first-order chi connectivity index (χ1) is 19.7. The average molecular weight is 520 g/mol. The summed E-state index contributed by atoms with van der Waals surface area (Å²) in [4.78, 5) is 18.9. The summed E-state index contributed by atoms with van der Waals surface area (Å²) < 4.78 is 0. The zero-order valence-corrected chi connectivity index (χ0v) is 22.3. The normalized spacial score (nSPS) is 24.7. The highest BCUT2D eigenvalue weighted by atomic mass is 15.0. The molecule has 4 bridgehead atoms. The molecular formula is C35H29N5. The Labute approximate surface area is 234 Å². The summed E-state index contributed by atoms with van der Waals surface area (Å²) in [5, 5.41) is 11.4. The quantitative estimate of drug-likeness (QED) is 0.243. The number of aromatic nitrogens is 4. The van der Waals surface area contributed by atoms with Gasteiger partial charge in [-0.1, -0.05) is 48.5 Å². The lowest BCUT2D eigenvalue weighted by Gasteiger charge is -2.57. The molecule has 4 aliphatic carbocycles. The molecule has 5 aromatic rings. The summed E-state index contributed by atoms with van der Waals surface area (Å²) in [6, 6.07) is 27.1. The highest BCUT2D eigenvalue weighted by Gasteiger charge is 2.51. The van der Waals surface area contributed by atoms with E-state index >= 15 is 0 Å². The number of nitrogens with zero attached hydrogens (tertiary/aromatic N) is 5. The Bertz CT molecular complexity index is 1750. The smallest absolute Gasteiger partial charge is 0.164 e. The van der Waals surface area contributed by atoms with Crippen LogP contribution in [0.25, 0.3) is 44.9 Å². The zero-order chi connectivity index (χ0) is 26.7. The number of hydrogen-bond donors (Lipinski definition) is 0. The molecule has 4 aliphatic rings. The van der Waals surface area contributed by atoms with Crippen LogP contribution < -0.4 is 0 Å². The fourth-order valence-electron chi connectivity index (χ4n) is 8.22. The third-order valence-electron chi connectivity index (χ3n) is 9.63. The first-order valence-electron chi connectivity index (χ1n) is 14.4. The van der Waals surface area contributed by atoms with Crippen molar-refractivity contribution in [2.45, 2.75) is 43.9 Å². The van der Waals surface area contributed by atoms with Gasteiger partial charge in [-0.2, -0.15) is 5.26 Å². The van der Waals surface area contributed by atoms with Gasteiger partial charge in [0.1, 0.15) is 0 Å². The second kappa shape index (κ2) is 9.06. The van der Waals surface area contributed by atoms with Crippen LogP contribution in [0, 0.1) is 29.1 Å². The molecule has 0 saturated heterocycles. The Morgan fingerprint density at radius 2 is 1.23 bits per heavy atom. The highest BCUT2D eigenvalue weighted by Crippen LogP contribution is 2.60. The van der Waals surface area contributed by atoms with Crippen LogP contribution >= 0.6 is 0 Å². The van der Waals surface area contributed by atoms with Crippen molar-refractivity contribution in [3.8, 4) is 40.2 Å². The summed E-state index contributed by atoms with van der Waals surface area (Å²) in [6.45, 7) is 0. The predicted molar refractivity (Wildman–Crippen MR) is 156 cm³/mol. The fourth-order valence-corrected chi connectivity index (χ4v) is 8.22. The molecule has 0 unspecified atom stereocenters. The summed E-state index contributed by atoms with van der Waals surface area (Å²) in [7, 11) is 0. The topological polar surface area (TPSA) is 75.3 Å². The van der Waals surface area contributed by atoms with Crippen molar-refractivity contribution in [2.24, 2.45) is 17.8 Å². The number of benzene rings is 3. The van der Waals surface area contributed by atoms with Crippen LogP contribution in [0.1, 0.15) is 49.7 Å². The first-order valence-corrected chi connectivity index (χ1v) is 14.4. The fraction of sp³-hybridized carbons (Fsp3) is 0.286. The van der Waals surface area contributed by atoms with Gasteiger partial charge in [0.25, 0.3) is 0 Å². The van der Waals surface area contributed by atoms with Gasteiger partial charge >= 0.3 is 0 Å². The number of rotatable bonds is 4. The van der Waals surface area contributed by atoms with Crippen LogP contribution in [0.5, 0.6) is 0 Å². The van der Waals surface area contributed by atoms with Crippen molar-refractivity contribution in [2.75, 3.05) is 0 Å². The maximum atomic E-state index is 9.52. The van der Waals surface area contributed by atoms with Crippen LogP contribution in [0.2, 0.25) is 0 Å². The van der Waals surface area contributed by atoms with Crippen molar-refractivity contribution in [1.29, 1.82) is 5.26 Å². The van der Waals surface area contributed by atoms with E-state index in [0.29, 0.717) is 28.5 Å². The van der Waals surface area contributed by atoms with Gasteiger partial charge < -0.3 is 0 Å². The minimum absolute atomic E-state index is 0.368. The number of fused-ring (bicyclic) bond motifs is 1. The van der Waals surface area contributed by atoms with E-state index in [9.17, 15) is 5.26 Å². The van der Waals surface area contributed by atoms with Gasteiger partial charge in [-0.25, -0.2) is 15.0 Å². The Balaban J connectivity index is 1.21. The Morgan fingerprint density at radius 1 is 0.650 bits per heavy atom. The summed E-state index contributed by atoms with van der Waals surface area (Å²) in [6.07, 6.45) is 12.0. The Morgan fingerprint density at radius 3 is 1.85 bits per heavy atom. The number of pyridine rings is 1. The monoisotopic (exact) mass is 519 g/mol. The lowest BCUT2D eigenvalue weighted by molar-refractivity contribution is -0.00518. The molecule has 4 saturated carbocycles. The van der Waals surface area contributed by atoms with E-state index in [1.165, 1.54) is 44.1 Å². The zero-order valence-electron chi connectivity index (χ0n) is 22.3. The van der Waals surface area contributed by atoms with Gasteiger partial charge in [0.05, 0.1) is 11.6 Å². The van der Waals surface area contributed by atoms with Crippen molar-refractivity contribution >= 4 is 10.8 Å². The molecule has 9 rings (SSSR count). The molecule has 0 aliphatic heterocycles. The van der Waals surface area contributed by atoms with Crippen molar-refractivity contribution in [3.05, 3.63) is 96.3 Å². The van der Waals surface area contributed by atoms with Crippen LogP contribution in [0.3, 0.4) is 0 Å². The van der Waals surface area contributed by atoms with Crippen molar-refractivity contribution in [1.82, 2.24) is 19.9 Å². The molecule has 0 atom stereocenters. The van der Waals surface area contributed by atoms with Crippen LogP contribution in [0.4, 0.5) is 0 Å². The SMILES string of the molecule is N#Cc1cccc2cc(-c3nc(-c4ccncc4)nc(-c4ccc(C56CC7C[C@H](C5)C[C@@H](C7)C6)cc4)n3)ccc12. The second-order valence-electron chi connectivity index (χ2n) is 12.2. The number of nitriles is 1. The minimum atomic E-state index is 0.368. The lowest BCUT2D eigenvalue weighted by Crippen LogP contribution is -2.48. The molecule has 0 N–H and O–H groups in total. The van der Waals surface area contributed by atoms with Gasteiger partial charge in [0.2, 0.25) is 0 Å². The number of hydrogen-bond acceptors (Lipinski definition) is 5. The Hall–Kier alpha value is -4.43. The third kappa shape index (κ3) is 3.90. The third-order valence-corrected chi connectivity index (χ3v) is 9.63. The molecular weight excluding hydrogens is 490 g/mol. The van der Waals surface area contributed by atoms with Gasteiger partial charge in [0, 0.05) is 29.1 Å². The maximum Gasteiger partial charge on any atom is 0.164 e. The van der Waals surface area contributed by atoms with E-state index in [4.69, 9.17) is 15.0 Å². The van der Waals surface area contributed by atoms with Crippen LogP contribution in [-0.2, 0) is 5.41 Å². The molecule has 5 nitrogen and oxygen atoms in total. The van der Waals surface area contributed by atoms with Crippen LogP contribution in [0.15, 0.2) is 85.2 Å². The van der Waals surface area contributed by atoms with Crippen molar-refractivity contribution in [3.63, 3.8) is 0 Å². The van der Waals surface area contributed by atoms with Gasteiger partial charge in [-0.3, -0.25) is 4.98 Å². The standard InChI is InChI=1S/C35H29N5/c36-21-29-3-1-2-27-17-28(6-9-31(27)29)34-39-32(38-33(40-34)26-10-12-37-13-11-26)25-4-7-30(8-5-25)35-18-22-14-23(19-35)16-24(15-22)20-35/h1-13,17,22-24H,14-16,18-20H2/t22-,23+,24?,35?. The summed E-state index contributed by atoms with van der Waals surface area (Å²) >= 11 is 0. The molecule has 2 heterocycles. The first kappa shape index (κ1) is 23.5. The molecule has 0 spiro atoms. The molecule has 4 fully saturated rings. The van der Waals surface area contributed by atoms with Gasteiger partial charge in [-0.15, -0.1) is 0 Å². The predicted octanol–water partition coefficient (Wildman–Crippen LogP) is 7.76. The van der Waals surface area contributed by atoms with E-state index < -0.39 is 0 Å². The van der Waals surface area contributed by atoms with E-state index in [2.05, 4.69) is 41.4 Å². The average Bonchev–Trinajstić information content (AvgIpc) is 3.00. The summed E-state index contributed by atoms with van der Waals surface area (Å²) in [5.41, 5.74) is 5.33. The molecule has 194 valence electrons. The molecule has 2 aromatic heterocycles. The molecule has 5 heteroatoms. The minimum Gasteiger partial charge on any atom is -0.265 e. The van der Waals surface area contributed by atoms with E-state index in [-0.39, 0.29) is 0 Å². The second-order valence-corrected chi connectivity index (χ2v) is 12.2. The Kier molecular flexibility index (Phi) is 5.31. The van der Waals surface area contributed by atoms with E-state index in [1.54, 1.807) is 12.4 Å². The van der Waals surface area contributed by atoms with Gasteiger partial charge in [-0.05, 0) is 102 Å². The van der Waals surface area contributed by atoms with E-state index in [0.717, 1.165) is 45.2 Å². The van der Waals surface area contributed by atoms with Crippen LogP contribution in [-0.4, -0.2) is 19.9 Å².